The summed E-state index contributed by atoms with van der Waals surface area (Å²) in [6, 6.07) is 22.1. The number of hydrogen-bond acceptors (Lipinski definition) is 3. The van der Waals surface area contributed by atoms with Gasteiger partial charge in [-0.1, -0.05) is 48.5 Å². The van der Waals surface area contributed by atoms with Crippen molar-refractivity contribution in [3.8, 4) is 0 Å². The number of carbonyl (C=O) groups is 1. The number of thiophene rings is 1. The molecule has 4 aromatic rings. The van der Waals surface area contributed by atoms with E-state index in [1.54, 1.807) is 17.5 Å². The highest BCUT2D eigenvalue weighted by Crippen LogP contribution is 2.21. The van der Waals surface area contributed by atoms with Crippen molar-refractivity contribution in [3.63, 3.8) is 0 Å². The van der Waals surface area contributed by atoms with Gasteiger partial charge in [-0.3, -0.25) is 9.78 Å². The molecule has 0 saturated carbocycles. The van der Waals surface area contributed by atoms with E-state index in [9.17, 15) is 4.79 Å². The monoisotopic (exact) mass is 372 g/mol. The highest BCUT2D eigenvalue weighted by molar-refractivity contribution is 7.09. The lowest BCUT2D eigenvalue weighted by Crippen LogP contribution is -2.32. The molecule has 0 bridgehead atoms. The zero-order valence-electron chi connectivity index (χ0n) is 14.9. The Balaban J connectivity index is 1.64. The first-order valence-corrected chi connectivity index (χ1v) is 9.87. The van der Waals surface area contributed by atoms with Crippen LogP contribution in [0.25, 0.3) is 10.8 Å². The molecule has 0 atom stereocenters. The predicted octanol–water partition coefficient (Wildman–Crippen LogP) is 5.18. The van der Waals surface area contributed by atoms with Crippen LogP contribution in [0.2, 0.25) is 0 Å². The Morgan fingerprint density at radius 2 is 1.85 bits per heavy atom. The summed E-state index contributed by atoms with van der Waals surface area (Å²) in [4.78, 5) is 20.8. The molecule has 3 nitrogen and oxygen atoms in total. The summed E-state index contributed by atoms with van der Waals surface area (Å²) in [6.07, 6.45) is 4.44. The summed E-state index contributed by atoms with van der Waals surface area (Å²) in [5, 5.41) is 4.16. The van der Waals surface area contributed by atoms with Gasteiger partial charge in [0.15, 0.2) is 0 Å². The number of nitrogens with zero attached hydrogens (tertiary/aromatic N) is 2. The predicted molar refractivity (Wildman–Crippen MR) is 111 cm³/mol. The fourth-order valence-corrected chi connectivity index (χ4v) is 3.94. The molecule has 134 valence electrons. The maximum atomic E-state index is 13.4. The van der Waals surface area contributed by atoms with Crippen LogP contribution in [0.5, 0.6) is 0 Å². The SMILES string of the molecule is O=C(c1cccc2ccccc12)N(CCc1cccs1)Cc1cccnc1. The lowest BCUT2D eigenvalue weighted by atomic mass is 10.0. The van der Waals surface area contributed by atoms with Crippen LogP contribution in [0.15, 0.2) is 84.5 Å². The maximum absolute atomic E-state index is 13.4. The molecule has 2 heterocycles. The van der Waals surface area contributed by atoms with Gasteiger partial charge in [-0.05, 0) is 46.3 Å². The van der Waals surface area contributed by atoms with Crippen molar-refractivity contribution in [1.82, 2.24) is 9.88 Å². The van der Waals surface area contributed by atoms with Gasteiger partial charge in [0, 0.05) is 35.9 Å². The van der Waals surface area contributed by atoms with Crippen molar-refractivity contribution >= 4 is 28.0 Å². The molecule has 0 unspecified atom stereocenters. The largest absolute Gasteiger partial charge is 0.334 e. The van der Waals surface area contributed by atoms with E-state index < -0.39 is 0 Å². The van der Waals surface area contributed by atoms with Crippen molar-refractivity contribution in [2.75, 3.05) is 6.54 Å². The summed E-state index contributed by atoms with van der Waals surface area (Å²) >= 11 is 1.73. The fourth-order valence-electron chi connectivity index (χ4n) is 3.25. The normalized spacial score (nSPS) is 10.8. The van der Waals surface area contributed by atoms with E-state index in [1.807, 2.05) is 65.7 Å². The number of hydrogen-bond donors (Lipinski definition) is 0. The van der Waals surface area contributed by atoms with Gasteiger partial charge >= 0.3 is 0 Å². The number of pyridine rings is 1. The second kappa shape index (κ2) is 8.14. The molecule has 4 heteroatoms. The van der Waals surface area contributed by atoms with Gasteiger partial charge in [0.25, 0.3) is 5.91 Å². The molecule has 2 aromatic heterocycles. The summed E-state index contributed by atoms with van der Waals surface area (Å²) < 4.78 is 0. The van der Waals surface area contributed by atoms with Gasteiger partial charge < -0.3 is 4.90 Å². The van der Waals surface area contributed by atoms with Crippen LogP contribution < -0.4 is 0 Å². The molecule has 27 heavy (non-hydrogen) atoms. The smallest absolute Gasteiger partial charge is 0.254 e. The van der Waals surface area contributed by atoms with Gasteiger partial charge in [-0.25, -0.2) is 0 Å². The van der Waals surface area contributed by atoms with Crippen LogP contribution in [0, 0.1) is 0 Å². The number of fused-ring (bicyclic) bond motifs is 1. The molecule has 0 fully saturated rings. The van der Waals surface area contributed by atoms with Crippen LogP contribution in [0.4, 0.5) is 0 Å². The molecule has 4 rings (SSSR count). The number of amides is 1. The van der Waals surface area contributed by atoms with Crippen molar-refractivity contribution in [3.05, 3.63) is 101 Å². The van der Waals surface area contributed by atoms with Crippen molar-refractivity contribution < 1.29 is 4.79 Å². The third-order valence-electron chi connectivity index (χ3n) is 4.61. The average molecular weight is 372 g/mol. The standard InChI is InChI=1S/C23H20N2OS/c26-23(22-11-3-8-19-7-1-2-10-21(19)22)25(14-12-20-9-5-15-27-20)17-18-6-4-13-24-16-18/h1-11,13,15-16H,12,14,17H2. The second-order valence-electron chi connectivity index (χ2n) is 6.44. The van der Waals surface area contributed by atoms with Crippen molar-refractivity contribution in [2.24, 2.45) is 0 Å². The third kappa shape index (κ3) is 4.07. The molecule has 0 N–H and O–H groups in total. The van der Waals surface area contributed by atoms with E-state index in [1.165, 1.54) is 4.88 Å². The molecule has 2 aromatic carbocycles. The van der Waals surface area contributed by atoms with E-state index in [2.05, 4.69) is 22.5 Å². The van der Waals surface area contributed by atoms with E-state index >= 15 is 0 Å². The van der Waals surface area contributed by atoms with Gasteiger partial charge in [0.05, 0.1) is 0 Å². The third-order valence-corrected chi connectivity index (χ3v) is 5.55. The van der Waals surface area contributed by atoms with Crippen LogP contribution in [-0.2, 0) is 13.0 Å². The Bertz CT molecular complexity index is 1020. The van der Waals surface area contributed by atoms with Crippen LogP contribution in [-0.4, -0.2) is 22.3 Å². The quantitative estimate of drug-likeness (QED) is 0.467. The van der Waals surface area contributed by atoms with E-state index in [-0.39, 0.29) is 5.91 Å². The molecule has 0 radical (unpaired) electrons. The van der Waals surface area contributed by atoms with Crippen molar-refractivity contribution in [1.29, 1.82) is 0 Å². The molecule has 0 aliphatic heterocycles. The minimum absolute atomic E-state index is 0.0622. The average Bonchev–Trinajstić information content (AvgIpc) is 3.24. The lowest BCUT2D eigenvalue weighted by molar-refractivity contribution is 0.0747. The summed E-state index contributed by atoms with van der Waals surface area (Å²) in [7, 11) is 0. The number of benzene rings is 2. The Labute approximate surface area is 162 Å². The van der Waals surface area contributed by atoms with Gasteiger partial charge in [0.2, 0.25) is 0 Å². The summed E-state index contributed by atoms with van der Waals surface area (Å²) in [6.45, 7) is 1.23. The molecular formula is C23H20N2OS. The first-order valence-electron chi connectivity index (χ1n) is 8.99. The fraction of sp³-hybridized carbons (Fsp3) is 0.130. The summed E-state index contributed by atoms with van der Waals surface area (Å²) in [5.41, 5.74) is 1.79. The van der Waals surface area contributed by atoms with Gasteiger partial charge in [0.1, 0.15) is 0 Å². The number of aromatic nitrogens is 1. The van der Waals surface area contributed by atoms with E-state index in [4.69, 9.17) is 0 Å². The molecular weight excluding hydrogens is 352 g/mol. The zero-order chi connectivity index (χ0) is 18.5. The minimum atomic E-state index is 0.0622. The van der Waals surface area contributed by atoms with Gasteiger partial charge in [-0.15, -0.1) is 11.3 Å². The van der Waals surface area contributed by atoms with Crippen LogP contribution in [0.1, 0.15) is 20.8 Å². The first-order chi connectivity index (χ1) is 13.3. The summed E-state index contributed by atoms with van der Waals surface area (Å²) in [5.74, 6) is 0.0622. The molecule has 0 saturated heterocycles. The highest BCUT2D eigenvalue weighted by Gasteiger charge is 2.18. The van der Waals surface area contributed by atoms with E-state index in [0.717, 1.165) is 28.3 Å². The van der Waals surface area contributed by atoms with E-state index in [0.29, 0.717) is 13.1 Å². The Hall–Kier alpha value is -2.98. The highest BCUT2D eigenvalue weighted by atomic mass is 32.1. The topological polar surface area (TPSA) is 33.2 Å². The molecule has 1 amide bonds. The van der Waals surface area contributed by atoms with Crippen molar-refractivity contribution in [2.45, 2.75) is 13.0 Å². The molecule has 0 aliphatic carbocycles. The van der Waals surface area contributed by atoms with Crippen LogP contribution in [0.3, 0.4) is 0 Å². The lowest BCUT2D eigenvalue weighted by Gasteiger charge is -2.23. The second-order valence-corrected chi connectivity index (χ2v) is 7.48. The minimum Gasteiger partial charge on any atom is -0.334 e. The maximum Gasteiger partial charge on any atom is 0.254 e. The first kappa shape index (κ1) is 17.4. The molecule has 0 aliphatic rings. The molecule has 0 spiro atoms. The number of rotatable bonds is 6. The number of carbonyl (C=O) groups excluding carboxylic acids is 1. The zero-order valence-corrected chi connectivity index (χ0v) is 15.7. The van der Waals surface area contributed by atoms with Crippen LogP contribution >= 0.6 is 11.3 Å². The van der Waals surface area contributed by atoms with Gasteiger partial charge in [-0.2, -0.15) is 0 Å². The Kier molecular flexibility index (Phi) is 5.26. The Morgan fingerprint density at radius 1 is 0.963 bits per heavy atom. The Morgan fingerprint density at radius 3 is 2.67 bits per heavy atom.